The van der Waals surface area contributed by atoms with E-state index < -0.39 is 18.0 Å². The minimum Gasteiger partial charge on any atom is -0.478 e. The average Bonchev–Trinajstić information content (AvgIpc) is 2.67. The van der Waals surface area contributed by atoms with Crippen molar-refractivity contribution in [3.05, 3.63) is 64.2 Å². The molecule has 6 heteroatoms. The number of aliphatic hydroxyl groups excluding tert-OH is 1. The van der Waals surface area contributed by atoms with Crippen LogP contribution >= 0.6 is 0 Å². The van der Waals surface area contributed by atoms with Crippen molar-refractivity contribution in [2.75, 3.05) is 0 Å². The summed E-state index contributed by atoms with van der Waals surface area (Å²) in [7, 11) is 0. The average molecular weight is 386 g/mol. The molecule has 28 heavy (non-hydrogen) atoms. The number of aromatic carboxylic acids is 1. The molecular formula is C22H26O6. The fraction of sp³-hybridized carbons (Fsp3) is 0.364. The molecular weight excluding hydrogens is 360 g/mol. The summed E-state index contributed by atoms with van der Waals surface area (Å²) in [6.45, 7) is 3.93. The topological polar surface area (TPSA) is 104 Å². The standard InChI is InChI=1S/C22H26O6/c1-3-6-15-10-14(13-23)11-16(7-4-2)19(15)28-20(22(26)27)17-8-5-9-18(12-17)21(24)25/h5,8-12,20,23H,3-4,6-7,13H2,1-2H3,(H,24,25)(H,26,27). The first-order chi connectivity index (χ1) is 13.4. The van der Waals surface area contributed by atoms with Gasteiger partial charge in [-0.3, -0.25) is 0 Å². The summed E-state index contributed by atoms with van der Waals surface area (Å²) < 4.78 is 5.99. The van der Waals surface area contributed by atoms with Crippen LogP contribution in [0.3, 0.4) is 0 Å². The maximum Gasteiger partial charge on any atom is 0.349 e. The van der Waals surface area contributed by atoms with Crippen LogP contribution in [0.25, 0.3) is 0 Å². The second kappa shape index (κ2) is 9.90. The fourth-order valence-corrected chi connectivity index (χ4v) is 3.19. The fourth-order valence-electron chi connectivity index (χ4n) is 3.19. The van der Waals surface area contributed by atoms with Crippen LogP contribution in [0.15, 0.2) is 36.4 Å². The molecule has 0 bridgehead atoms. The zero-order valence-corrected chi connectivity index (χ0v) is 16.1. The van der Waals surface area contributed by atoms with E-state index >= 15 is 0 Å². The Morgan fingerprint density at radius 3 is 2.07 bits per heavy atom. The summed E-state index contributed by atoms with van der Waals surface area (Å²) in [4.78, 5) is 23.2. The summed E-state index contributed by atoms with van der Waals surface area (Å²) in [6.07, 6.45) is 1.71. The zero-order valence-electron chi connectivity index (χ0n) is 16.1. The van der Waals surface area contributed by atoms with Gasteiger partial charge in [0, 0.05) is 5.56 Å². The number of carboxylic acid groups (broad SMARTS) is 2. The highest BCUT2D eigenvalue weighted by molar-refractivity contribution is 5.88. The van der Waals surface area contributed by atoms with Crippen LogP contribution in [-0.2, 0) is 24.2 Å². The Kier molecular flexibility index (Phi) is 7.58. The number of carboxylic acids is 2. The molecule has 0 spiro atoms. The lowest BCUT2D eigenvalue weighted by molar-refractivity contribution is -0.145. The molecule has 0 saturated heterocycles. The quantitative estimate of drug-likeness (QED) is 0.570. The summed E-state index contributed by atoms with van der Waals surface area (Å²) >= 11 is 0. The molecule has 0 fully saturated rings. The SMILES string of the molecule is CCCc1cc(CO)cc(CCC)c1OC(C(=O)O)c1cccc(C(=O)O)c1. The molecule has 6 nitrogen and oxygen atoms in total. The van der Waals surface area contributed by atoms with E-state index in [-0.39, 0.29) is 17.7 Å². The van der Waals surface area contributed by atoms with Crippen LogP contribution < -0.4 is 4.74 Å². The number of ether oxygens (including phenoxy) is 1. The summed E-state index contributed by atoms with van der Waals surface area (Å²) in [5.41, 5.74) is 2.73. The maximum absolute atomic E-state index is 11.9. The van der Waals surface area contributed by atoms with E-state index in [1.807, 2.05) is 26.0 Å². The molecule has 0 amide bonds. The molecule has 0 aromatic heterocycles. The molecule has 150 valence electrons. The number of aliphatic carboxylic acids is 1. The molecule has 2 aromatic rings. The first kappa shape index (κ1) is 21.4. The molecule has 0 saturated carbocycles. The van der Waals surface area contributed by atoms with Gasteiger partial charge in [0.05, 0.1) is 12.2 Å². The van der Waals surface area contributed by atoms with Gasteiger partial charge in [-0.2, -0.15) is 0 Å². The third-order valence-electron chi connectivity index (χ3n) is 4.42. The smallest absolute Gasteiger partial charge is 0.349 e. The van der Waals surface area contributed by atoms with Crippen molar-refractivity contribution in [1.82, 2.24) is 0 Å². The third-order valence-corrected chi connectivity index (χ3v) is 4.42. The van der Waals surface area contributed by atoms with Gasteiger partial charge in [0.2, 0.25) is 6.10 Å². The van der Waals surface area contributed by atoms with E-state index in [1.54, 1.807) is 6.07 Å². The van der Waals surface area contributed by atoms with E-state index in [0.29, 0.717) is 18.6 Å². The van der Waals surface area contributed by atoms with Gasteiger partial charge in [-0.1, -0.05) is 38.8 Å². The number of aryl methyl sites for hydroxylation is 2. The van der Waals surface area contributed by atoms with Crippen molar-refractivity contribution in [1.29, 1.82) is 0 Å². The van der Waals surface area contributed by atoms with Crippen molar-refractivity contribution < 1.29 is 29.6 Å². The van der Waals surface area contributed by atoms with Crippen molar-refractivity contribution in [2.24, 2.45) is 0 Å². The number of hydrogen-bond donors (Lipinski definition) is 3. The Balaban J connectivity index is 2.53. The molecule has 0 heterocycles. The molecule has 2 aromatic carbocycles. The van der Waals surface area contributed by atoms with E-state index in [9.17, 15) is 24.9 Å². The monoisotopic (exact) mass is 386 g/mol. The highest BCUT2D eigenvalue weighted by Gasteiger charge is 2.25. The Labute approximate surface area is 164 Å². The van der Waals surface area contributed by atoms with E-state index in [1.165, 1.54) is 18.2 Å². The molecule has 3 N–H and O–H groups in total. The van der Waals surface area contributed by atoms with Gasteiger partial charge < -0.3 is 20.1 Å². The van der Waals surface area contributed by atoms with Gasteiger partial charge in [0.15, 0.2) is 0 Å². The van der Waals surface area contributed by atoms with E-state index in [4.69, 9.17) is 4.74 Å². The molecule has 0 radical (unpaired) electrons. The van der Waals surface area contributed by atoms with Gasteiger partial charge >= 0.3 is 11.9 Å². The van der Waals surface area contributed by atoms with Crippen molar-refractivity contribution in [3.63, 3.8) is 0 Å². The van der Waals surface area contributed by atoms with Crippen molar-refractivity contribution >= 4 is 11.9 Å². The zero-order chi connectivity index (χ0) is 20.7. The van der Waals surface area contributed by atoms with Crippen LogP contribution in [0.2, 0.25) is 0 Å². The first-order valence-electron chi connectivity index (χ1n) is 9.39. The van der Waals surface area contributed by atoms with Gasteiger partial charge in [-0.25, -0.2) is 9.59 Å². The lowest BCUT2D eigenvalue weighted by Gasteiger charge is -2.22. The summed E-state index contributed by atoms with van der Waals surface area (Å²) in [5.74, 6) is -1.82. The van der Waals surface area contributed by atoms with Gasteiger partial charge in [0.25, 0.3) is 0 Å². The largest absolute Gasteiger partial charge is 0.478 e. The molecule has 1 atom stereocenters. The Bertz CT molecular complexity index is 816. The number of carbonyl (C=O) groups is 2. The van der Waals surface area contributed by atoms with Gasteiger partial charge in [0.1, 0.15) is 5.75 Å². The minimum absolute atomic E-state index is 0.00513. The summed E-state index contributed by atoms with van der Waals surface area (Å²) in [6, 6.07) is 9.46. The van der Waals surface area contributed by atoms with Crippen molar-refractivity contribution in [2.45, 2.75) is 52.2 Å². The Morgan fingerprint density at radius 2 is 1.61 bits per heavy atom. The second-order valence-corrected chi connectivity index (χ2v) is 6.67. The minimum atomic E-state index is -1.33. The number of benzene rings is 2. The van der Waals surface area contributed by atoms with Crippen LogP contribution in [0.1, 0.15) is 65.4 Å². The normalized spacial score (nSPS) is 11.8. The first-order valence-corrected chi connectivity index (χ1v) is 9.39. The molecule has 0 aliphatic carbocycles. The van der Waals surface area contributed by atoms with Crippen LogP contribution in [0.4, 0.5) is 0 Å². The van der Waals surface area contributed by atoms with Crippen molar-refractivity contribution in [3.8, 4) is 5.75 Å². The lowest BCUT2D eigenvalue weighted by atomic mass is 9.97. The van der Waals surface area contributed by atoms with Gasteiger partial charge in [-0.05, 0) is 53.8 Å². The van der Waals surface area contributed by atoms with E-state index in [2.05, 4.69) is 0 Å². The van der Waals surface area contributed by atoms with Crippen LogP contribution in [0, 0.1) is 0 Å². The lowest BCUT2D eigenvalue weighted by Crippen LogP contribution is -2.20. The second-order valence-electron chi connectivity index (χ2n) is 6.67. The molecule has 0 aliphatic heterocycles. The molecule has 0 aliphatic rings. The molecule has 2 rings (SSSR count). The maximum atomic E-state index is 11.9. The third kappa shape index (κ3) is 5.10. The van der Waals surface area contributed by atoms with E-state index in [0.717, 1.165) is 29.5 Å². The summed E-state index contributed by atoms with van der Waals surface area (Å²) in [5, 5.41) is 28.5. The highest BCUT2D eigenvalue weighted by atomic mass is 16.5. The number of hydrogen-bond acceptors (Lipinski definition) is 4. The van der Waals surface area contributed by atoms with Crippen LogP contribution in [-0.4, -0.2) is 27.3 Å². The predicted molar refractivity (Wildman–Crippen MR) is 105 cm³/mol. The Hall–Kier alpha value is -2.86. The van der Waals surface area contributed by atoms with Gasteiger partial charge in [-0.15, -0.1) is 0 Å². The highest BCUT2D eigenvalue weighted by Crippen LogP contribution is 2.33. The number of rotatable bonds is 10. The predicted octanol–water partition coefficient (Wildman–Crippen LogP) is 3.99. The molecule has 1 unspecified atom stereocenters. The Morgan fingerprint density at radius 1 is 1.00 bits per heavy atom. The number of aliphatic hydroxyl groups is 1. The van der Waals surface area contributed by atoms with Crippen LogP contribution in [0.5, 0.6) is 5.75 Å².